The van der Waals surface area contributed by atoms with Gasteiger partial charge in [0.1, 0.15) is 0 Å². The molecule has 3 heteroatoms. The Morgan fingerprint density at radius 3 is 2.53 bits per heavy atom. The molecule has 0 saturated carbocycles. The van der Waals surface area contributed by atoms with E-state index in [1.807, 2.05) is 11.3 Å². The fraction of sp³-hybridized carbons (Fsp3) is 0.357. The van der Waals surface area contributed by atoms with Crippen LogP contribution in [0.4, 0.5) is 0 Å². The Morgan fingerprint density at radius 2 is 1.82 bits per heavy atom. The van der Waals surface area contributed by atoms with Gasteiger partial charge in [-0.05, 0) is 30.4 Å². The van der Waals surface area contributed by atoms with Gasteiger partial charge in [-0.25, -0.2) is 0 Å². The molecule has 0 radical (unpaired) electrons. The molecule has 0 nitrogen and oxygen atoms in total. The molecule has 0 spiro atoms. The van der Waals surface area contributed by atoms with Gasteiger partial charge >= 0.3 is 23.1 Å². The first kappa shape index (κ1) is 17.4. The summed E-state index contributed by atoms with van der Waals surface area (Å²) in [5.41, 5.74) is 0. The summed E-state index contributed by atoms with van der Waals surface area (Å²) in [5, 5.41) is 1.40. The van der Waals surface area contributed by atoms with Crippen molar-refractivity contribution in [1.29, 1.82) is 0 Å². The van der Waals surface area contributed by atoms with E-state index in [0.29, 0.717) is 0 Å². The first-order valence-corrected chi connectivity index (χ1v) is 6.48. The van der Waals surface area contributed by atoms with Crippen molar-refractivity contribution in [2.75, 3.05) is 0 Å². The van der Waals surface area contributed by atoms with Crippen molar-refractivity contribution in [3.63, 3.8) is 0 Å². The first-order chi connectivity index (χ1) is 7.40. The Balaban J connectivity index is 0.00000128. The average Bonchev–Trinajstić information content (AvgIpc) is 2.67. The molecule has 0 bridgehead atoms. The predicted octanol–water partition coefficient (Wildman–Crippen LogP) is 1.46. The maximum Gasteiger partial charge on any atom is 2.00 e. The summed E-state index contributed by atoms with van der Waals surface area (Å²) in [5.74, 6) is 0. The molecule has 1 aromatic carbocycles. The van der Waals surface area contributed by atoms with E-state index in [4.69, 9.17) is 0 Å². The second-order valence-corrected chi connectivity index (χ2v) is 5.08. The zero-order valence-electron chi connectivity index (χ0n) is 10.1. The summed E-state index contributed by atoms with van der Waals surface area (Å²) in [6.45, 7) is 3.87. The van der Waals surface area contributed by atoms with Crippen LogP contribution in [0.25, 0.3) is 10.1 Å². The maximum absolute atomic E-state index is 3.87. The van der Waals surface area contributed by atoms with Crippen LogP contribution in [0.1, 0.15) is 30.6 Å². The molecule has 0 atom stereocenters. The largest absolute Gasteiger partial charge is 2.00 e. The van der Waals surface area contributed by atoms with Crippen LogP contribution in [-0.2, 0) is 6.42 Å². The minimum atomic E-state index is 0. The van der Waals surface area contributed by atoms with Gasteiger partial charge in [0.15, 0.2) is 0 Å². The number of benzene rings is 1. The van der Waals surface area contributed by atoms with Crippen LogP contribution in [0.2, 0.25) is 0 Å². The Kier molecular flexibility index (Phi) is 9.60. The second-order valence-electron chi connectivity index (χ2n) is 3.91. The Bertz CT molecular complexity index is 392. The molecular formula is C14H17BrMgS. The number of unbranched alkanes of at least 4 members (excludes halogenated alkanes) is 3. The number of rotatable bonds is 5. The zero-order valence-corrected chi connectivity index (χ0v) is 13.9. The predicted molar refractivity (Wildman–Crippen MR) is 75.1 cm³/mol. The van der Waals surface area contributed by atoms with Gasteiger partial charge in [0.25, 0.3) is 0 Å². The van der Waals surface area contributed by atoms with Crippen LogP contribution < -0.4 is 17.0 Å². The minimum absolute atomic E-state index is 0. The summed E-state index contributed by atoms with van der Waals surface area (Å²) in [6.07, 6.45) is 6.21. The molecule has 0 amide bonds. The monoisotopic (exact) mass is 320 g/mol. The molecular weight excluding hydrogens is 304 g/mol. The van der Waals surface area contributed by atoms with Gasteiger partial charge in [-0.15, -0.1) is 11.3 Å². The number of hydrogen-bond donors (Lipinski definition) is 0. The quantitative estimate of drug-likeness (QED) is 0.444. The molecule has 2 aromatic rings. The maximum atomic E-state index is 3.87. The van der Waals surface area contributed by atoms with E-state index in [-0.39, 0.29) is 40.0 Å². The molecule has 1 heterocycles. The van der Waals surface area contributed by atoms with Gasteiger partial charge in [0, 0.05) is 9.58 Å². The summed E-state index contributed by atoms with van der Waals surface area (Å²) in [6, 6.07) is 11.0. The van der Waals surface area contributed by atoms with Gasteiger partial charge < -0.3 is 23.9 Å². The summed E-state index contributed by atoms with van der Waals surface area (Å²) >= 11 is 1.94. The van der Waals surface area contributed by atoms with Crippen LogP contribution >= 0.6 is 11.3 Å². The van der Waals surface area contributed by atoms with Gasteiger partial charge in [0.2, 0.25) is 0 Å². The number of thiophene rings is 1. The van der Waals surface area contributed by atoms with Gasteiger partial charge in [-0.1, -0.05) is 31.0 Å². The van der Waals surface area contributed by atoms with Crippen LogP contribution in [0.3, 0.4) is 0 Å². The SMILES string of the molecule is [Br-].[CH2-]CCCCCc1cc2ccccc2s1.[Mg+2]. The van der Waals surface area contributed by atoms with E-state index in [0.717, 1.165) is 6.42 Å². The Morgan fingerprint density at radius 1 is 1.06 bits per heavy atom. The van der Waals surface area contributed by atoms with Crippen molar-refractivity contribution in [2.45, 2.75) is 32.1 Å². The average molecular weight is 322 g/mol. The van der Waals surface area contributed by atoms with E-state index in [2.05, 4.69) is 37.3 Å². The fourth-order valence-corrected chi connectivity index (χ4v) is 2.92. The van der Waals surface area contributed by atoms with Crippen molar-refractivity contribution in [3.05, 3.63) is 42.1 Å². The van der Waals surface area contributed by atoms with Crippen LogP contribution in [-0.4, -0.2) is 23.1 Å². The number of halogens is 1. The third-order valence-electron chi connectivity index (χ3n) is 2.65. The third-order valence-corrected chi connectivity index (χ3v) is 3.83. The molecule has 17 heavy (non-hydrogen) atoms. The zero-order chi connectivity index (χ0) is 10.5. The topological polar surface area (TPSA) is 0 Å². The van der Waals surface area contributed by atoms with Crippen LogP contribution in [0.5, 0.6) is 0 Å². The van der Waals surface area contributed by atoms with E-state index < -0.39 is 0 Å². The number of fused-ring (bicyclic) bond motifs is 1. The standard InChI is InChI=1S/C14H17S.BrH.Mg/c1-2-3-4-5-9-13-11-12-8-6-7-10-14(12)15-13;;/h6-8,10-11H,1-5,9H2;1H;/q-1;;+2/p-1. The van der Waals surface area contributed by atoms with Crippen molar-refractivity contribution in [2.24, 2.45) is 0 Å². The van der Waals surface area contributed by atoms with Crippen molar-refractivity contribution in [1.82, 2.24) is 0 Å². The van der Waals surface area contributed by atoms with E-state index in [1.165, 1.54) is 40.6 Å². The van der Waals surface area contributed by atoms with E-state index in [1.54, 1.807) is 0 Å². The number of hydrogen-bond acceptors (Lipinski definition) is 1. The number of aryl methyl sites for hydroxylation is 1. The van der Waals surface area contributed by atoms with Gasteiger partial charge in [0.05, 0.1) is 0 Å². The first-order valence-electron chi connectivity index (χ1n) is 5.67. The summed E-state index contributed by atoms with van der Waals surface area (Å²) in [4.78, 5) is 1.53. The Hall–Kier alpha value is 0.426. The van der Waals surface area contributed by atoms with Crippen LogP contribution in [0.15, 0.2) is 30.3 Å². The second kappa shape index (κ2) is 9.37. The fourth-order valence-electron chi connectivity index (χ4n) is 1.81. The third kappa shape index (κ3) is 5.29. The van der Waals surface area contributed by atoms with Gasteiger partial charge in [-0.2, -0.15) is 6.42 Å². The molecule has 0 unspecified atom stereocenters. The molecule has 0 aliphatic heterocycles. The smallest absolute Gasteiger partial charge is 1.00 e. The molecule has 88 valence electrons. The van der Waals surface area contributed by atoms with Gasteiger partial charge in [-0.3, -0.25) is 0 Å². The summed E-state index contributed by atoms with van der Waals surface area (Å²) < 4.78 is 1.42. The molecule has 0 aliphatic rings. The van der Waals surface area contributed by atoms with E-state index in [9.17, 15) is 0 Å². The Labute approximate surface area is 135 Å². The van der Waals surface area contributed by atoms with Crippen molar-refractivity contribution >= 4 is 44.5 Å². The summed E-state index contributed by atoms with van der Waals surface area (Å²) in [7, 11) is 0. The normalized spacial score (nSPS) is 9.71. The van der Waals surface area contributed by atoms with Crippen molar-refractivity contribution in [3.8, 4) is 0 Å². The van der Waals surface area contributed by atoms with E-state index >= 15 is 0 Å². The van der Waals surface area contributed by atoms with Crippen molar-refractivity contribution < 1.29 is 17.0 Å². The molecule has 0 aliphatic carbocycles. The minimum Gasteiger partial charge on any atom is -1.00 e. The molecule has 0 N–H and O–H groups in total. The molecule has 0 fully saturated rings. The molecule has 1 aromatic heterocycles. The molecule has 0 saturated heterocycles. The van der Waals surface area contributed by atoms with Crippen LogP contribution in [0, 0.1) is 6.92 Å². The molecule has 2 rings (SSSR count).